The van der Waals surface area contributed by atoms with E-state index in [1.165, 1.54) is 25.7 Å². The molecule has 0 aliphatic carbocycles. The minimum atomic E-state index is 0.192. The van der Waals surface area contributed by atoms with Crippen molar-refractivity contribution in [1.29, 1.82) is 0 Å². The highest BCUT2D eigenvalue weighted by Gasteiger charge is 2.11. The lowest BCUT2D eigenvalue weighted by Gasteiger charge is -2.08. The highest BCUT2D eigenvalue weighted by Crippen LogP contribution is 2.18. The van der Waals surface area contributed by atoms with E-state index in [9.17, 15) is 0 Å². The molecule has 114 valence electrons. The summed E-state index contributed by atoms with van der Waals surface area (Å²) in [5.74, 6) is 1.06. The van der Waals surface area contributed by atoms with Gasteiger partial charge in [0.25, 0.3) is 0 Å². The molecule has 21 heavy (non-hydrogen) atoms. The lowest BCUT2D eigenvalue weighted by atomic mass is 10.1. The van der Waals surface area contributed by atoms with Crippen LogP contribution >= 0.6 is 0 Å². The molecule has 0 unspecified atom stereocenters. The Bertz CT molecular complexity index is 603. The number of aromatic nitrogens is 2. The van der Waals surface area contributed by atoms with Crippen molar-refractivity contribution in [1.82, 2.24) is 9.55 Å². The average molecular weight is 288 g/mol. The van der Waals surface area contributed by atoms with Gasteiger partial charge in [0.2, 0.25) is 0 Å². The van der Waals surface area contributed by atoms with Crippen LogP contribution in [-0.4, -0.2) is 20.6 Å². The molecule has 0 atom stereocenters. The maximum absolute atomic E-state index is 8.76. The number of imidazole rings is 1. The smallest absolute Gasteiger partial charge is 0.146 e. The van der Waals surface area contributed by atoms with E-state index in [-0.39, 0.29) is 5.84 Å². The van der Waals surface area contributed by atoms with Gasteiger partial charge in [0.05, 0.1) is 17.5 Å². The molecular formula is C16H24N4O. The zero-order valence-corrected chi connectivity index (χ0v) is 12.6. The Kier molecular flexibility index (Phi) is 5.60. The summed E-state index contributed by atoms with van der Waals surface area (Å²) in [5.41, 5.74) is 7.72. The molecule has 0 spiro atoms. The van der Waals surface area contributed by atoms with Crippen molar-refractivity contribution >= 4 is 16.9 Å². The first-order valence-electron chi connectivity index (χ1n) is 7.66. The number of nitrogens with two attached hydrogens (primary N) is 1. The molecule has 3 N–H and O–H groups in total. The fourth-order valence-electron chi connectivity index (χ4n) is 2.58. The van der Waals surface area contributed by atoms with Gasteiger partial charge >= 0.3 is 0 Å². The Morgan fingerprint density at radius 3 is 2.76 bits per heavy atom. The van der Waals surface area contributed by atoms with Crippen molar-refractivity contribution in [3.63, 3.8) is 0 Å². The van der Waals surface area contributed by atoms with Crippen LogP contribution in [0.25, 0.3) is 11.0 Å². The number of hydrogen-bond acceptors (Lipinski definition) is 3. The standard InChI is InChI=1S/C16H24N4O/c1-2-3-4-5-8-11-20-14-10-7-6-9-13(14)18-16(20)12-15(17)19-21/h6-7,9-10,21H,2-5,8,11-12H2,1H3,(H2,17,19). The van der Waals surface area contributed by atoms with Crippen molar-refractivity contribution in [3.8, 4) is 0 Å². The normalized spacial score (nSPS) is 12.1. The monoisotopic (exact) mass is 288 g/mol. The quantitative estimate of drug-likeness (QED) is 0.257. The molecule has 5 heteroatoms. The Morgan fingerprint density at radius 2 is 2.00 bits per heavy atom. The summed E-state index contributed by atoms with van der Waals surface area (Å²) >= 11 is 0. The summed E-state index contributed by atoms with van der Waals surface area (Å²) in [6.45, 7) is 3.15. The van der Waals surface area contributed by atoms with Gasteiger partial charge in [0.15, 0.2) is 0 Å². The summed E-state index contributed by atoms with van der Waals surface area (Å²) < 4.78 is 2.19. The highest BCUT2D eigenvalue weighted by atomic mass is 16.4. The Morgan fingerprint density at radius 1 is 1.24 bits per heavy atom. The zero-order chi connectivity index (χ0) is 15.1. The van der Waals surface area contributed by atoms with Gasteiger partial charge in [-0.25, -0.2) is 4.98 Å². The molecule has 0 bridgehead atoms. The molecule has 1 aromatic carbocycles. The fraction of sp³-hybridized carbons (Fsp3) is 0.500. The number of aryl methyl sites for hydroxylation is 1. The summed E-state index contributed by atoms with van der Waals surface area (Å²) in [5, 5.41) is 11.8. The maximum atomic E-state index is 8.76. The van der Waals surface area contributed by atoms with E-state index in [0.29, 0.717) is 6.42 Å². The van der Waals surface area contributed by atoms with Crippen LogP contribution in [0.2, 0.25) is 0 Å². The SMILES string of the molecule is CCCCCCCn1c(CC(N)=NO)nc2ccccc21. The molecule has 1 heterocycles. The third-order valence-corrected chi connectivity index (χ3v) is 3.69. The van der Waals surface area contributed by atoms with Crippen molar-refractivity contribution < 1.29 is 5.21 Å². The predicted molar refractivity (Wildman–Crippen MR) is 85.6 cm³/mol. The second-order valence-electron chi connectivity index (χ2n) is 5.35. The number of nitrogens with zero attached hydrogens (tertiary/aromatic N) is 3. The first kappa shape index (κ1) is 15.4. The third kappa shape index (κ3) is 3.97. The third-order valence-electron chi connectivity index (χ3n) is 3.69. The zero-order valence-electron chi connectivity index (χ0n) is 12.6. The van der Waals surface area contributed by atoms with Gasteiger partial charge in [0, 0.05) is 6.54 Å². The van der Waals surface area contributed by atoms with E-state index >= 15 is 0 Å². The number of benzene rings is 1. The van der Waals surface area contributed by atoms with Crippen LogP contribution in [0.5, 0.6) is 0 Å². The molecular weight excluding hydrogens is 264 g/mol. The first-order valence-corrected chi connectivity index (χ1v) is 7.66. The Hall–Kier alpha value is -2.04. The second kappa shape index (κ2) is 7.67. The van der Waals surface area contributed by atoms with Gasteiger partial charge in [-0.15, -0.1) is 0 Å². The fourth-order valence-corrected chi connectivity index (χ4v) is 2.58. The molecule has 2 aromatic rings. The minimum absolute atomic E-state index is 0.192. The average Bonchev–Trinajstić information content (AvgIpc) is 2.84. The van der Waals surface area contributed by atoms with Crippen molar-refractivity contribution in [3.05, 3.63) is 30.1 Å². The minimum Gasteiger partial charge on any atom is -0.409 e. The number of para-hydroxylation sites is 2. The van der Waals surface area contributed by atoms with Gasteiger partial charge in [-0.1, -0.05) is 49.9 Å². The van der Waals surface area contributed by atoms with Crippen LogP contribution in [0.4, 0.5) is 0 Å². The number of hydrogen-bond donors (Lipinski definition) is 2. The van der Waals surface area contributed by atoms with Crippen LogP contribution < -0.4 is 5.73 Å². The van der Waals surface area contributed by atoms with E-state index in [0.717, 1.165) is 29.8 Å². The molecule has 0 saturated carbocycles. The van der Waals surface area contributed by atoms with E-state index in [4.69, 9.17) is 10.9 Å². The largest absolute Gasteiger partial charge is 0.409 e. The van der Waals surface area contributed by atoms with E-state index in [1.807, 2.05) is 18.2 Å². The molecule has 0 saturated heterocycles. The Balaban J connectivity index is 2.15. The van der Waals surface area contributed by atoms with Crippen LogP contribution in [0, 0.1) is 0 Å². The number of unbranched alkanes of at least 4 members (excludes halogenated alkanes) is 4. The van der Waals surface area contributed by atoms with Gasteiger partial charge < -0.3 is 15.5 Å². The lowest BCUT2D eigenvalue weighted by Crippen LogP contribution is -2.18. The molecule has 1 aromatic heterocycles. The topological polar surface area (TPSA) is 76.4 Å². The second-order valence-corrected chi connectivity index (χ2v) is 5.35. The van der Waals surface area contributed by atoms with Crippen LogP contribution in [0.1, 0.15) is 44.9 Å². The molecule has 0 fully saturated rings. The number of fused-ring (bicyclic) bond motifs is 1. The molecule has 5 nitrogen and oxygen atoms in total. The highest BCUT2D eigenvalue weighted by molar-refractivity contribution is 5.83. The molecule has 0 amide bonds. The van der Waals surface area contributed by atoms with Gasteiger partial charge in [-0.3, -0.25) is 0 Å². The van der Waals surface area contributed by atoms with E-state index in [2.05, 4.69) is 27.7 Å². The number of oxime groups is 1. The van der Waals surface area contributed by atoms with Crippen LogP contribution in [-0.2, 0) is 13.0 Å². The summed E-state index contributed by atoms with van der Waals surface area (Å²) in [4.78, 5) is 4.61. The van der Waals surface area contributed by atoms with Gasteiger partial charge in [-0.2, -0.15) is 0 Å². The summed E-state index contributed by atoms with van der Waals surface area (Å²) in [6, 6.07) is 8.07. The van der Waals surface area contributed by atoms with E-state index in [1.54, 1.807) is 0 Å². The molecule has 0 radical (unpaired) electrons. The number of rotatable bonds is 8. The molecule has 0 aliphatic rings. The number of amidine groups is 1. The van der Waals surface area contributed by atoms with Gasteiger partial charge in [-0.05, 0) is 18.6 Å². The van der Waals surface area contributed by atoms with Crippen molar-refractivity contribution in [2.45, 2.75) is 52.0 Å². The van der Waals surface area contributed by atoms with Crippen LogP contribution in [0.3, 0.4) is 0 Å². The summed E-state index contributed by atoms with van der Waals surface area (Å²) in [6.07, 6.45) is 6.55. The van der Waals surface area contributed by atoms with Crippen molar-refractivity contribution in [2.75, 3.05) is 0 Å². The lowest BCUT2D eigenvalue weighted by molar-refractivity contribution is 0.317. The first-order chi connectivity index (χ1) is 10.3. The maximum Gasteiger partial charge on any atom is 0.146 e. The summed E-state index contributed by atoms with van der Waals surface area (Å²) in [7, 11) is 0. The van der Waals surface area contributed by atoms with Gasteiger partial charge in [0.1, 0.15) is 11.7 Å². The van der Waals surface area contributed by atoms with E-state index < -0.39 is 0 Å². The predicted octanol–water partition coefficient (Wildman–Crippen LogP) is 3.30. The van der Waals surface area contributed by atoms with Crippen LogP contribution in [0.15, 0.2) is 29.4 Å². The Labute approximate surface area is 125 Å². The molecule has 0 aliphatic heterocycles. The molecule has 2 rings (SSSR count). The van der Waals surface area contributed by atoms with Crippen molar-refractivity contribution in [2.24, 2.45) is 10.9 Å².